The third kappa shape index (κ3) is 3.54. The first-order valence-electron chi connectivity index (χ1n) is 11.7. The molecule has 166 valence electrons. The standard InChI is InChI=1S/C26H29N3O2S/c30-24-9-5-4-8-19(24)25-27-22(16-32-25)26(31)29-13-18-10-11-23(29)21-15-28(14-20(18)21)12-17-6-2-1-3-7-17/h1-9,18,20-23,30H,10-16H2. The van der Waals surface area contributed by atoms with Crippen molar-refractivity contribution in [2.24, 2.45) is 22.7 Å². The summed E-state index contributed by atoms with van der Waals surface area (Å²) in [4.78, 5) is 23.1. The highest BCUT2D eigenvalue weighted by Crippen LogP contribution is 2.48. The molecule has 1 amide bonds. The van der Waals surface area contributed by atoms with E-state index in [0.29, 0.717) is 23.6 Å². The number of phenols is 1. The summed E-state index contributed by atoms with van der Waals surface area (Å²) in [5, 5.41) is 11.0. The van der Waals surface area contributed by atoms with E-state index < -0.39 is 0 Å². The normalized spacial score (nSPS) is 31.6. The van der Waals surface area contributed by atoms with Crippen LogP contribution in [0.4, 0.5) is 0 Å². The lowest BCUT2D eigenvalue weighted by Crippen LogP contribution is -2.60. The number of nitrogens with zero attached hydrogens (tertiary/aromatic N) is 3. The predicted molar refractivity (Wildman–Crippen MR) is 128 cm³/mol. The average Bonchev–Trinajstić information content (AvgIpc) is 3.48. The first-order valence-corrected chi connectivity index (χ1v) is 12.7. The lowest BCUT2D eigenvalue weighted by Gasteiger charge is -2.52. The number of fused-ring (bicyclic) bond motifs is 2. The van der Waals surface area contributed by atoms with Gasteiger partial charge in [-0.15, -0.1) is 11.8 Å². The van der Waals surface area contributed by atoms with Crippen molar-refractivity contribution in [1.29, 1.82) is 0 Å². The van der Waals surface area contributed by atoms with Gasteiger partial charge in [0.25, 0.3) is 0 Å². The highest BCUT2D eigenvalue weighted by atomic mass is 32.2. The molecule has 6 heteroatoms. The summed E-state index contributed by atoms with van der Waals surface area (Å²) in [5.74, 6) is 3.02. The third-order valence-electron chi connectivity index (χ3n) is 7.86. The van der Waals surface area contributed by atoms with Gasteiger partial charge in [0.2, 0.25) is 5.91 Å². The molecule has 4 aliphatic heterocycles. The van der Waals surface area contributed by atoms with Crippen molar-refractivity contribution in [2.75, 3.05) is 25.4 Å². The van der Waals surface area contributed by atoms with Crippen molar-refractivity contribution in [3.8, 4) is 5.75 Å². The van der Waals surface area contributed by atoms with E-state index in [-0.39, 0.29) is 17.7 Å². The monoisotopic (exact) mass is 447 g/mol. The van der Waals surface area contributed by atoms with Gasteiger partial charge in [-0.25, -0.2) is 0 Å². The number of likely N-dealkylation sites (tertiary alicyclic amines) is 1. The number of amides is 1. The number of carbonyl (C=O) groups is 1. The fourth-order valence-electron chi connectivity index (χ4n) is 6.38. The van der Waals surface area contributed by atoms with Gasteiger partial charge in [-0.2, -0.15) is 0 Å². The zero-order valence-electron chi connectivity index (χ0n) is 18.1. The average molecular weight is 448 g/mol. The van der Waals surface area contributed by atoms with Crippen molar-refractivity contribution in [3.63, 3.8) is 0 Å². The van der Waals surface area contributed by atoms with Crippen molar-refractivity contribution >= 4 is 22.7 Å². The van der Waals surface area contributed by atoms with Gasteiger partial charge >= 0.3 is 0 Å². The highest BCUT2D eigenvalue weighted by molar-refractivity contribution is 8.14. The number of piperidine rings is 2. The molecule has 5 atom stereocenters. The fourth-order valence-corrected chi connectivity index (χ4v) is 7.44. The van der Waals surface area contributed by atoms with E-state index in [2.05, 4.69) is 40.1 Å². The lowest BCUT2D eigenvalue weighted by atomic mass is 9.66. The Labute approximate surface area is 193 Å². The van der Waals surface area contributed by atoms with Crippen molar-refractivity contribution in [1.82, 2.24) is 9.80 Å². The minimum Gasteiger partial charge on any atom is -0.507 e. The van der Waals surface area contributed by atoms with Gasteiger partial charge in [-0.3, -0.25) is 14.7 Å². The molecule has 1 aliphatic carbocycles. The maximum absolute atomic E-state index is 13.5. The minimum atomic E-state index is -0.325. The van der Waals surface area contributed by atoms with Crippen LogP contribution in [-0.2, 0) is 11.3 Å². The van der Waals surface area contributed by atoms with Crippen LogP contribution in [0, 0.1) is 17.8 Å². The van der Waals surface area contributed by atoms with Gasteiger partial charge in [-0.1, -0.05) is 42.5 Å². The van der Waals surface area contributed by atoms with Crippen LogP contribution < -0.4 is 0 Å². The molecule has 3 saturated heterocycles. The SMILES string of the molecule is O=C(C1CSC(c2ccccc2O)=N1)N1CC2CCC1C1CN(Cc3ccccc3)CC21. The van der Waals surface area contributed by atoms with E-state index in [9.17, 15) is 9.90 Å². The van der Waals surface area contributed by atoms with Crippen LogP contribution in [0.2, 0.25) is 0 Å². The highest BCUT2D eigenvalue weighted by Gasteiger charge is 2.53. The summed E-state index contributed by atoms with van der Waals surface area (Å²) in [6.45, 7) is 4.16. The number of carbonyl (C=O) groups excluding carboxylic acids is 1. The molecular formula is C26H29N3O2S. The largest absolute Gasteiger partial charge is 0.507 e. The molecule has 0 aromatic heterocycles. The Morgan fingerprint density at radius 3 is 2.62 bits per heavy atom. The molecule has 4 heterocycles. The second kappa shape index (κ2) is 8.23. The van der Waals surface area contributed by atoms with E-state index in [0.717, 1.165) is 49.1 Å². The first kappa shape index (κ1) is 20.3. The Kier molecular flexibility index (Phi) is 5.22. The number of thioether (sulfide) groups is 1. The van der Waals surface area contributed by atoms with Crippen LogP contribution in [0.15, 0.2) is 59.6 Å². The Bertz CT molecular complexity index is 1040. The molecule has 0 radical (unpaired) electrons. The van der Waals surface area contributed by atoms with Gasteiger partial charge in [0, 0.05) is 43.5 Å². The van der Waals surface area contributed by atoms with Gasteiger partial charge in [0.1, 0.15) is 16.8 Å². The molecule has 7 rings (SSSR count). The van der Waals surface area contributed by atoms with Crippen LogP contribution >= 0.6 is 11.8 Å². The number of phenolic OH excluding ortho intramolecular Hbond substituents is 1. The van der Waals surface area contributed by atoms with Gasteiger partial charge in [-0.05, 0) is 48.3 Å². The summed E-state index contributed by atoms with van der Waals surface area (Å²) in [6.07, 6.45) is 2.38. The number of aromatic hydroxyl groups is 1. The second-order valence-corrected chi connectivity index (χ2v) is 10.7. The number of hydrogen-bond donors (Lipinski definition) is 1. The van der Waals surface area contributed by atoms with Crippen molar-refractivity contribution in [3.05, 3.63) is 65.7 Å². The predicted octanol–water partition coefficient (Wildman–Crippen LogP) is 3.62. The zero-order chi connectivity index (χ0) is 21.7. The van der Waals surface area contributed by atoms with Crippen LogP contribution in [0.3, 0.4) is 0 Å². The molecule has 0 spiro atoms. The van der Waals surface area contributed by atoms with Crippen molar-refractivity contribution in [2.45, 2.75) is 31.5 Å². The van der Waals surface area contributed by atoms with E-state index in [1.165, 1.54) is 12.0 Å². The molecule has 5 aliphatic rings. The molecule has 2 aromatic carbocycles. The third-order valence-corrected chi connectivity index (χ3v) is 8.94. The Morgan fingerprint density at radius 2 is 1.78 bits per heavy atom. The molecule has 5 nitrogen and oxygen atoms in total. The van der Waals surface area contributed by atoms with E-state index in [1.54, 1.807) is 17.8 Å². The van der Waals surface area contributed by atoms with Crippen LogP contribution in [-0.4, -0.2) is 63.3 Å². The van der Waals surface area contributed by atoms with Crippen molar-refractivity contribution < 1.29 is 9.90 Å². The Morgan fingerprint density at radius 1 is 1.00 bits per heavy atom. The molecule has 4 fully saturated rings. The summed E-state index contributed by atoms with van der Waals surface area (Å²) >= 11 is 1.59. The number of aliphatic imine (C=N–C) groups is 1. The molecule has 2 bridgehead atoms. The fraction of sp³-hybridized carbons (Fsp3) is 0.462. The molecule has 1 N–H and O–H groups in total. The van der Waals surface area contributed by atoms with Crippen LogP contribution in [0.25, 0.3) is 0 Å². The van der Waals surface area contributed by atoms with Gasteiger partial charge in [0.05, 0.1) is 0 Å². The van der Waals surface area contributed by atoms with Crippen LogP contribution in [0.1, 0.15) is 24.0 Å². The number of rotatable bonds is 4. The Hall–Kier alpha value is -2.31. The maximum Gasteiger partial charge on any atom is 0.248 e. The quantitative estimate of drug-likeness (QED) is 0.778. The number of benzene rings is 2. The molecule has 1 saturated carbocycles. The molecule has 2 aromatic rings. The molecular weight excluding hydrogens is 418 g/mol. The zero-order valence-corrected chi connectivity index (χ0v) is 19.0. The second-order valence-electron chi connectivity index (χ2n) is 9.68. The molecule has 5 unspecified atom stereocenters. The summed E-state index contributed by atoms with van der Waals surface area (Å²) in [7, 11) is 0. The summed E-state index contributed by atoms with van der Waals surface area (Å²) in [6, 6.07) is 18.0. The van der Waals surface area contributed by atoms with Gasteiger partial charge < -0.3 is 10.0 Å². The number of hydrogen-bond acceptors (Lipinski definition) is 5. The van der Waals surface area contributed by atoms with E-state index >= 15 is 0 Å². The van der Waals surface area contributed by atoms with E-state index in [4.69, 9.17) is 4.99 Å². The van der Waals surface area contributed by atoms with Crippen LogP contribution in [0.5, 0.6) is 5.75 Å². The van der Waals surface area contributed by atoms with E-state index in [1.807, 2.05) is 18.2 Å². The smallest absolute Gasteiger partial charge is 0.248 e. The maximum atomic E-state index is 13.5. The molecule has 32 heavy (non-hydrogen) atoms. The number of para-hydroxylation sites is 1. The van der Waals surface area contributed by atoms with Gasteiger partial charge in [0.15, 0.2) is 0 Å². The lowest BCUT2D eigenvalue weighted by molar-refractivity contribution is -0.144. The topological polar surface area (TPSA) is 56.1 Å². The Balaban J connectivity index is 1.17. The minimum absolute atomic E-state index is 0.192. The summed E-state index contributed by atoms with van der Waals surface area (Å²) in [5.41, 5.74) is 2.11. The first-order chi connectivity index (χ1) is 15.7. The summed E-state index contributed by atoms with van der Waals surface area (Å²) < 4.78 is 0.